The van der Waals surface area contributed by atoms with Crippen LogP contribution in [0.2, 0.25) is 0 Å². The van der Waals surface area contributed by atoms with Crippen LogP contribution in [0, 0.1) is 0 Å². The summed E-state index contributed by atoms with van der Waals surface area (Å²) in [7, 11) is 0. The number of aromatic nitrogens is 1. The molecule has 2 aromatic rings. The molecule has 0 aliphatic rings. The van der Waals surface area contributed by atoms with E-state index in [4.69, 9.17) is 0 Å². The predicted octanol–water partition coefficient (Wildman–Crippen LogP) is 3.86. The molecule has 0 aliphatic carbocycles. The molecule has 0 radical (unpaired) electrons. The molecule has 2 nitrogen and oxygen atoms in total. The van der Waals surface area contributed by atoms with Crippen molar-refractivity contribution in [1.82, 2.24) is 4.98 Å². The normalized spacial score (nSPS) is 11.3. The summed E-state index contributed by atoms with van der Waals surface area (Å²) in [5, 5.41) is 0. The van der Waals surface area contributed by atoms with Gasteiger partial charge in [0, 0.05) is 5.56 Å². The maximum absolute atomic E-state index is 10.7. The van der Waals surface area contributed by atoms with Gasteiger partial charge in [0.2, 0.25) is 0 Å². The predicted molar refractivity (Wildman–Crippen MR) is 73.8 cm³/mol. The van der Waals surface area contributed by atoms with Gasteiger partial charge in [-0.2, -0.15) is 0 Å². The first-order chi connectivity index (χ1) is 8.50. The monoisotopic (exact) mass is 239 g/mol. The fourth-order valence-electron chi connectivity index (χ4n) is 1.82. The molecular formula is C16H17NO. The molecule has 0 spiro atoms. The van der Waals surface area contributed by atoms with Gasteiger partial charge in [-0.25, -0.2) is 4.98 Å². The number of hydrogen-bond donors (Lipinski definition) is 0. The molecule has 2 heteroatoms. The minimum Gasteiger partial charge on any atom is -0.296 e. The summed E-state index contributed by atoms with van der Waals surface area (Å²) < 4.78 is 0. The van der Waals surface area contributed by atoms with Crippen LogP contribution in [0.15, 0.2) is 42.5 Å². The number of pyridine rings is 1. The topological polar surface area (TPSA) is 30.0 Å². The molecule has 0 unspecified atom stereocenters. The van der Waals surface area contributed by atoms with Gasteiger partial charge in [-0.15, -0.1) is 0 Å². The number of nitrogens with zero attached hydrogens (tertiary/aromatic N) is 1. The third kappa shape index (κ3) is 2.65. The maximum Gasteiger partial charge on any atom is 0.168 e. The lowest BCUT2D eigenvalue weighted by molar-refractivity contribution is 0.111. The highest BCUT2D eigenvalue weighted by molar-refractivity contribution is 5.73. The molecule has 1 aromatic heterocycles. The van der Waals surface area contributed by atoms with Crippen LogP contribution in [-0.4, -0.2) is 11.3 Å². The smallest absolute Gasteiger partial charge is 0.168 e. The maximum atomic E-state index is 10.7. The lowest BCUT2D eigenvalue weighted by Crippen LogP contribution is -2.10. The van der Waals surface area contributed by atoms with Crippen molar-refractivity contribution < 1.29 is 4.79 Å². The van der Waals surface area contributed by atoms with Crippen LogP contribution in [0.5, 0.6) is 0 Å². The van der Waals surface area contributed by atoms with Crippen molar-refractivity contribution in [3.8, 4) is 11.3 Å². The van der Waals surface area contributed by atoms with Crippen molar-refractivity contribution >= 4 is 6.29 Å². The van der Waals surface area contributed by atoms with Crippen molar-refractivity contribution in [2.75, 3.05) is 0 Å². The van der Waals surface area contributed by atoms with Crippen LogP contribution >= 0.6 is 0 Å². The summed E-state index contributed by atoms with van der Waals surface area (Å²) in [6.45, 7) is 6.56. The average molecular weight is 239 g/mol. The van der Waals surface area contributed by atoms with Gasteiger partial charge in [0.25, 0.3) is 0 Å². The molecule has 0 bridgehead atoms. The Morgan fingerprint density at radius 3 is 2.22 bits per heavy atom. The Kier molecular flexibility index (Phi) is 3.28. The highest BCUT2D eigenvalue weighted by Gasteiger charge is 2.13. The van der Waals surface area contributed by atoms with Crippen LogP contribution in [0.4, 0.5) is 0 Å². The first-order valence-corrected chi connectivity index (χ1v) is 6.04. The van der Waals surface area contributed by atoms with Gasteiger partial charge in [0.15, 0.2) is 6.29 Å². The molecule has 0 saturated carbocycles. The lowest BCUT2D eigenvalue weighted by Gasteiger charge is -2.19. The van der Waals surface area contributed by atoms with Crippen LogP contribution in [0.1, 0.15) is 36.8 Å². The van der Waals surface area contributed by atoms with E-state index in [0.717, 1.165) is 17.5 Å². The zero-order valence-electron chi connectivity index (χ0n) is 11.0. The Bertz CT molecular complexity index is 550. The standard InChI is InChI=1S/C16H17NO/c1-16(2,3)13-9-7-12(8-10-13)15-6-4-5-14(11-18)17-15/h4-11H,1-3H3. The molecule has 0 fully saturated rings. The molecule has 0 saturated heterocycles. The van der Waals surface area contributed by atoms with Crippen LogP contribution in [0.25, 0.3) is 11.3 Å². The number of carbonyl (C=O) groups excluding carboxylic acids is 1. The summed E-state index contributed by atoms with van der Waals surface area (Å²) in [5.41, 5.74) is 3.77. The molecular weight excluding hydrogens is 222 g/mol. The van der Waals surface area contributed by atoms with E-state index >= 15 is 0 Å². The highest BCUT2D eigenvalue weighted by Crippen LogP contribution is 2.25. The minimum atomic E-state index is 0.149. The van der Waals surface area contributed by atoms with Gasteiger partial charge in [0.05, 0.1) is 5.69 Å². The van der Waals surface area contributed by atoms with Crippen LogP contribution < -0.4 is 0 Å². The van der Waals surface area contributed by atoms with Gasteiger partial charge < -0.3 is 0 Å². The van der Waals surface area contributed by atoms with Crippen molar-refractivity contribution in [2.24, 2.45) is 0 Å². The second kappa shape index (κ2) is 4.73. The average Bonchev–Trinajstić information content (AvgIpc) is 2.38. The largest absolute Gasteiger partial charge is 0.296 e. The summed E-state index contributed by atoms with van der Waals surface area (Å²) in [5.74, 6) is 0. The molecule has 1 heterocycles. The third-order valence-electron chi connectivity index (χ3n) is 2.94. The Morgan fingerprint density at radius 2 is 1.67 bits per heavy atom. The van der Waals surface area contributed by atoms with E-state index in [9.17, 15) is 4.79 Å². The molecule has 0 amide bonds. The van der Waals surface area contributed by atoms with E-state index in [-0.39, 0.29) is 5.41 Å². The first-order valence-electron chi connectivity index (χ1n) is 6.04. The third-order valence-corrected chi connectivity index (χ3v) is 2.94. The van der Waals surface area contributed by atoms with Gasteiger partial charge in [-0.3, -0.25) is 4.79 Å². The van der Waals surface area contributed by atoms with E-state index in [1.807, 2.05) is 12.1 Å². The van der Waals surface area contributed by atoms with Crippen molar-refractivity contribution in [3.63, 3.8) is 0 Å². The Hall–Kier alpha value is -1.96. The number of hydrogen-bond acceptors (Lipinski definition) is 2. The minimum absolute atomic E-state index is 0.149. The van der Waals surface area contributed by atoms with E-state index in [2.05, 4.69) is 50.0 Å². The first kappa shape index (κ1) is 12.5. The number of aldehydes is 1. The van der Waals surface area contributed by atoms with Crippen LogP contribution in [0.3, 0.4) is 0 Å². The van der Waals surface area contributed by atoms with Crippen LogP contribution in [-0.2, 0) is 5.41 Å². The van der Waals surface area contributed by atoms with E-state index < -0.39 is 0 Å². The van der Waals surface area contributed by atoms with E-state index in [1.165, 1.54) is 5.56 Å². The summed E-state index contributed by atoms with van der Waals surface area (Å²) in [4.78, 5) is 15.0. The number of rotatable bonds is 2. The van der Waals surface area contributed by atoms with E-state index in [1.54, 1.807) is 6.07 Å². The van der Waals surface area contributed by atoms with Crippen molar-refractivity contribution in [1.29, 1.82) is 0 Å². The molecule has 2 rings (SSSR count). The fraction of sp³-hybridized carbons (Fsp3) is 0.250. The molecule has 92 valence electrons. The SMILES string of the molecule is CC(C)(C)c1ccc(-c2cccc(C=O)n2)cc1. The molecule has 0 atom stereocenters. The molecule has 0 aliphatic heterocycles. The number of benzene rings is 1. The Morgan fingerprint density at radius 1 is 1.00 bits per heavy atom. The zero-order valence-corrected chi connectivity index (χ0v) is 11.0. The van der Waals surface area contributed by atoms with Gasteiger partial charge in [-0.05, 0) is 23.1 Å². The molecule has 18 heavy (non-hydrogen) atoms. The Balaban J connectivity index is 2.37. The lowest BCUT2D eigenvalue weighted by atomic mass is 9.86. The second-order valence-corrected chi connectivity index (χ2v) is 5.39. The zero-order chi connectivity index (χ0) is 13.2. The Labute approximate surface area is 108 Å². The fourth-order valence-corrected chi connectivity index (χ4v) is 1.82. The summed E-state index contributed by atoms with van der Waals surface area (Å²) >= 11 is 0. The summed E-state index contributed by atoms with van der Waals surface area (Å²) in [6.07, 6.45) is 0.771. The number of carbonyl (C=O) groups is 1. The molecule has 0 N–H and O–H groups in total. The molecule has 1 aromatic carbocycles. The highest BCUT2D eigenvalue weighted by atomic mass is 16.1. The van der Waals surface area contributed by atoms with Gasteiger partial charge in [-0.1, -0.05) is 51.1 Å². The van der Waals surface area contributed by atoms with E-state index in [0.29, 0.717) is 5.69 Å². The summed E-state index contributed by atoms with van der Waals surface area (Å²) in [6, 6.07) is 13.8. The van der Waals surface area contributed by atoms with Crippen molar-refractivity contribution in [3.05, 3.63) is 53.7 Å². The van der Waals surface area contributed by atoms with Gasteiger partial charge in [0.1, 0.15) is 5.69 Å². The van der Waals surface area contributed by atoms with Gasteiger partial charge >= 0.3 is 0 Å². The van der Waals surface area contributed by atoms with Crippen molar-refractivity contribution in [2.45, 2.75) is 26.2 Å². The quantitative estimate of drug-likeness (QED) is 0.745. The second-order valence-electron chi connectivity index (χ2n) is 5.39.